The molecule has 1 heterocycles. The standard InChI is InChI=1S/C11H20BrNO3/c1-11(15,5-7-16-2)8-13-6-3-4-9(12)10(13)14/h9,15H,3-8H2,1-2H3. The summed E-state index contributed by atoms with van der Waals surface area (Å²) >= 11 is 3.36. The van der Waals surface area contributed by atoms with E-state index in [0.29, 0.717) is 19.6 Å². The Hall–Kier alpha value is -0.130. The fraction of sp³-hybridized carbons (Fsp3) is 0.909. The Labute approximate surface area is 105 Å². The number of amides is 1. The Bertz CT molecular complexity index is 245. The van der Waals surface area contributed by atoms with E-state index in [1.807, 2.05) is 0 Å². The van der Waals surface area contributed by atoms with E-state index >= 15 is 0 Å². The molecule has 2 atom stereocenters. The second-order valence-corrected chi connectivity index (χ2v) is 5.71. The van der Waals surface area contributed by atoms with E-state index in [0.717, 1.165) is 19.4 Å². The fourth-order valence-electron chi connectivity index (χ4n) is 1.86. The molecule has 4 nitrogen and oxygen atoms in total. The summed E-state index contributed by atoms with van der Waals surface area (Å²) in [6, 6.07) is 0. The molecule has 1 aliphatic heterocycles. The van der Waals surface area contributed by atoms with Gasteiger partial charge in [-0.1, -0.05) is 15.9 Å². The molecular formula is C11H20BrNO3. The molecule has 1 saturated heterocycles. The molecular weight excluding hydrogens is 274 g/mol. The van der Waals surface area contributed by atoms with E-state index in [-0.39, 0.29) is 10.7 Å². The highest BCUT2D eigenvalue weighted by Gasteiger charge is 2.31. The van der Waals surface area contributed by atoms with E-state index in [1.165, 1.54) is 0 Å². The van der Waals surface area contributed by atoms with Gasteiger partial charge in [-0.3, -0.25) is 4.79 Å². The Balaban J connectivity index is 2.48. The van der Waals surface area contributed by atoms with Crippen molar-refractivity contribution in [1.82, 2.24) is 4.90 Å². The van der Waals surface area contributed by atoms with Crippen molar-refractivity contribution >= 4 is 21.8 Å². The highest BCUT2D eigenvalue weighted by molar-refractivity contribution is 9.10. The number of nitrogens with zero attached hydrogens (tertiary/aromatic N) is 1. The Kier molecular flexibility index (Phi) is 5.21. The third-order valence-electron chi connectivity index (χ3n) is 2.84. The number of alkyl halides is 1. The van der Waals surface area contributed by atoms with E-state index < -0.39 is 5.60 Å². The summed E-state index contributed by atoms with van der Waals surface area (Å²) in [5, 5.41) is 10.1. The van der Waals surface area contributed by atoms with Crippen LogP contribution in [-0.2, 0) is 9.53 Å². The van der Waals surface area contributed by atoms with Gasteiger partial charge in [0.05, 0.1) is 10.4 Å². The Morgan fingerprint density at radius 2 is 2.38 bits per heavy atom. The average molecular weight is 294 g/mol. The summed E-state index contributed by atoms with van der Waals surface area (Å²) in [4.78, 5) is 13.5. The first-order valence-corrected chi connectivity index (χ1v) is 6.52. The van der Waals surface area contributed by atoms with Crippen LogP contribution in [0.5, 0.6) is 0 Å². The van der Waals surface area contributed by atoms with Crippen LogP contribution in [0.3, 0.4) is 0 Å². The zero-order chi connectivity index (χ0) is 12.2. The summed E-state index contributed by atoms with van der Waals surface area (Å²) in [7, 11) is 1.61. The zero-order valence-corrected chi connectivity index (χ0v) is 11.5. The minimum atomic E-state index is -0.865. The van der Waals surface area contributed by atoms with Crippen LogP contribution >= 0.6 is 15.9 Å². The normalized spacial score (nSPS) is 25.6. The van der Waals surface area contributed by atoms with Gasteiger partial charge in [-0.25, -0.2) is 0 Å². The molecule has 5 heteroatoms. The SMILES string of the molecule is COCCC(C)(O)CN1CCCC(Br)C1=O. The van der Waals surface area contributed by atoms with Gasteiger partial charge >= 0.3 is 0 Å². The van der Waals surface area contributed by atoms with Crippen LogP contribution < -0.4 is 0 Å². The van der Waals surface area contributed by atoms with E-state index in [4.69, 9.17) is 4.74 Å². The lowest BCUT2D eigenvalue weighted by Crippen LogP contribution is -2.49. The molecule has 0 spiro atoms. The fourth-order valence-corrected chi connectivity index (χ4v) is 2.48. The van der Waals surface area contributed by atoms with Gasteiger partial charge < -0.3 is 14.7 Å². The molecule has 1 fully saturated rings. The van der Waals surface area contributed by atoms with Crippen LogP contribution in [0, 0.1) is 0 Å². The Morgan fingerprint density at radius 3 is 3.00 bits per heavy atom. The molecule has 1 aliphatic rings. The molecule has 94 valence electrons. The molecule has 0 saturated carbocycles. The monoisotopic (exact) mass is 293 g/mol. The van der Waals surface area contributed by atoms with E-state index in [9.17, 15) is 9.90 Å². The number of piperidine rings is 1. The minimum Gasteiger partial charge on any atom is -0.388 e. The van der Waals surface area contributed by atoms with Gasteiger partial charge in [0.2, 0.25) is 5.91 Å². The summed E-state index contributed by atoms with van der Waals surface area (Å²) in [5.74, 6) is 0.0870. The predicted octanol–water partition coefficient (Wildman–Crippen LogP) is 1.16. The van der Waals surface area contributed by atoms with Crippen LogP contribution in [0.2, 0.25) is 0 Å². The van der Waals surface area contributed by atoms with E-state index in [2.05, 4.69) is 15.9 Å². The third-order valence-corrected chi connectivity index (χ3v) is 3.69. The van der Waals surface area contributed by atoms with Crippen LogP contribution in [-0.4, -0.2) is 53.1 Å². The van der Waals surface area contributed by atoms with Gasteiger partial charge in [-0.15, -0.1) is 0 Å². The third kappa shape index (κ3) is 4.03. The van der Waals surface area contributed by atoms with E-state index in [1.54, 1.807) is 18.9 Å². The summed E-state index contributed by atoms with van der Waals surface area (Å²) in [6.07, 6.45) is 2.41. The number of hydrogen-bond acceptors (Lipinski definition) is 3. The number of aliphatic hydroxyl groups is 1. The molecule has 1 N–H and O–H groups in total. The van der Waals surface area contributed by atoms with Crippen molar-refractivity contribution in [2.75, 3.05) is 26.8 Å². The lowest BCUT2D eigenvalue weighted by atomic mass is 10.0. The zero-order valence-electron chi connectivity index (χ0n) is 9.91. The van der Waals surface area contributed by atoms with Crippen LogP contribution in [0.1, 0.15) is 26.2 Å². The molecule has 2 unspecified atom stereocenters. The number of likely N-dealkylation sites (tertiary alicyclic amines) is 1. The second-order valence-electron chi connectivity index (χ2n) is 4.61. The summed E-state index contributed by atoms with van der Waals surface area (Å²) in [5.41, 5.74) is -0.865. The highest BCUT2D eigenvalue weighted by Crippen LogP contribution is 2.21. The van der Waals surface area contributed by atoms with Gasteiger partial charge in [0, 0.05) is 33.2 Å². The van der Waals surface area contributed by atoms with Crippen LogP contribution in [0.25, 0.3) is 0 Å². The maximum Gasteiger partial charge on any atom is 0.236 e. The van der Waals surface area contributed by atoms with Crippen molar-refractivity contribution in [2.24, 2.45) is 0 Å². The maximum atomic E-state index is 11.8. The van der Waals surface area contributed by atoms with Crippen molar-refractivity contribution in [2.45, 2.75) is 36.6 Å². The number of carbonyl (C=O) groups is 1. The van der Waals surface area contributed by atoms with Crippen molar-refractivity contribution in [3.05, 3.63) is 0 Å². The first-order chi connectivity index (χ1) is 7.46. The number of hydrogen-bond donors (Lipinski definition) is 1. The molecule has 0 radical (unpaired) electrons. The summed E-state index contributed by atoms with van der Waals surface area (Å²) in [6.45, 7) is 3.38. The lowest BCUT2D eigenvalue weighted by Gasteiger charge is -2.35. The van der Waals surface area contributed by atoms with Crippen LogP contribution in [0.15, 0.2) is 0 Å². The molecule has 16 heavy (non-hydrogen) atoms. The highest BCUT2D eigenvalue weighted by atomic mass is 79.9. The van der Waals surface area contributed by atoms with Gasteiger partial charge in [0.1, 0.15) is 0 Å². The average Bonchev–Trinajstić information content (AvgIpc) is 2.22. The second kappa shape index (κ2) is 5.98. The smallest absolute Gasteiger partial charge is 0.236 e. The number of halogens is 1. The number of rotatable bonds is 5. The first kappa shape index (κ1) is 13.9. The maximum absolute atomic E-state index is 11.8. The number of ether oxygens (including phenoxy) is 1. The van der Waals surface area contributed by atoms with Crippen molar-refractivity contribution in [1.29, 1.82) is 0 Å². The van der Waals surface area contributed by atoms with Crippen molar-refractivity contribution < 1.29 is 14.6 Å². The molecule has 0 aliphatic carbocycles. The topological polar surface area (TPSA) is 49.8 Å². The molecule has 1 rings (SSSR count). The largest absolute Gasteiger partial charge is 0.388 e. The lowest BCUT2D eigenvalue weighted by molar-refractivity contribution is -0.136. The van der Waals surface area contributed by atoms with Gasteiger partial charge in [0.25, 0.3) is 0 Å². The number of carbonyl (C=O) groups excluding carboxylic acids is 1. The predicted molar refractivity (Wildman–Crippen MR) is 65.6 cm³/mol. The summed E-state index contributed by atoms with van der Waals surface area (Å²) < 4.78 is 4.94. The molecule has 0 aromatic carbocycles. The minimum absolute atomic E-state index is 0.0838. The molecule has 0 bridgehead atoms. The molecule has 0 aromatic rings. The van der Waals surface area contributed by atoms with Crippen LogP contribution in [0.4, 0.5) is 0 Å². The quantitative estimate of drug-likeness (QED) is 0.774. The van der Waals surface area contributed by atoms with Gasteiger partial charge in [-0.05, 0) is 19.8 Å². The van der Waals surface area contributed by atoms with Gasteiger partial charge in [0.15, 0.2) is 0 Å². The first-order valence-electron chi connectivity index (χ1n) is 5.60. The van der Waals surface area contributed by atoms with Crippen molar-refractivity contribution in [3.8, 4) is 0 Å². The number of methoxy groups -OCH3 is 1. The molecule has 0 aromatic heterocycles. The Morgan fingerprint density at radius 1 is 1.69 bits per heavy atom. The van der Waals surface area contributed by atoms with Crippen molar-refractivity contribution in [3.63, 3.8) is 0 Å². The number of β-amino-alcohol motifs (C(OH)–C–C–N with tert-alkyl or cyclic N) is 1. The van der Waals surface area contributed by atoms with Gasteiger partial charge in [-0.2, -0.15) is 0 Å². The molecule has 1 amide bonds.